The minimum Gasteiger partial charge on any atom is -0.468 e. The van der Waals surface area contributed by atoms with E-state index in [4.69, 9.17) is 9.16 Å². The van der Waals surface area contributed by atoms with Gasteiger partial charge in [-0.05, 0) is 32.5 Å². The Morgan fingerprint density at radius 1 is 1.59 bits per heavy atom. The van der Waals surface area contributed by atoms with Crippen molar-refractivity contribution in [2.24, 2.45) is 0 Å². The summed E-state index contributed by atoms with van der Waals surface area (Å²) in [5.41, 5.74) is 0. The molecule has 0 aliphatic heterocycles. The van der Waals surface area contributed by atoms with Crippen LogP contribution in [-0.2, 0) is 14.0 Å². The Bertz CT molecular complexity index is 277. The molecule has 0 radical (unpaired) electrons. The van der Waals surface area contributed by atoms with Crippen LogP contribution >= 0.6 is 15.9 Å². The summed E-state index contributed by atoms with van der Waals surface area (Å²) in [4.78, 5) is 11.7. The Morgan fingerprint density at radius 3 is 2.47 bits per heavy atom. The molecule has 0 aromatic rings. The van der Waals surface area contributed by atoms with E-state index in [9.17, 15) is 4.79 Å². The molecule has 5 heteroatoms. The van der Waals surface area contributed by atoms with Crippen LogP contribution in [0.15, 0.2) is 12.7 Å². The third-order valence-electron chi connectivity index (χ3n) is 2.66. The van der Waals surface area contributed by atoms with Gasteiger partial charge < -0.3 is 9.16 Å². The number of carbonyl (C=O) groups is 1. The Morgan fingerprint density at radius 2 is 2.12 bits per heavy atom. The van der Waals surface area contributed by atoms with Gasteiger partial charge >= 0.3 is 5.97 Å². The molecule has 0 N–H and O–H groups in total. The van der Waals surface area contributed by atoms with Crippen molar-refractivity contribution in [3.63, 3.8) is 0 Å². The highest BCUT2D eigenvalue weighted by atomic mass is 79.9. The fourth-order valence-electron chi connectivity index (χ4n) is 1.69. The van der Waals surface area contributed by atoms with Gasteiger partial charge in [0.15, 0.2) is 8.32 Å². The van der Waals surface area contributed by atoms with Gasteiger partial charge in [-0.25, -0.2) is 0 Å². The van der Waals surface area contributed by atoms with E-state index in [0.29, 0.717) is 0 Å². The third kappa shape index (κ3) is 4.93. The van der Waals surface area contributed by atoms with Crippen molar-refractivity contribution in [2.75, 3.05) is 7.11 Å². The summed E-state index contributed by atoms with van der Waals surface area (Å²) in [5, 5.41) is 0. The number of rotatable bonds is 7. The molecule has 0 saturated carbocycles. The number of methoxy groups -OCH3 is 1. The van der Waals surface area contributed by atoms with Crippen molar-refractivity contribution in [3.05, 3.63) is 12.7 Å². The Labute approximate surface area is 114 Å². The summed E-state index contributed by atoms with van der Waals surface area (Å²) in [6.45, 7) is 11.8. The second-order valence-electron chi connectivity index (χ2n) is 4.83. The van der Waals surface area contributed by atoms with E-state index in [1.165, 1.54) is 7.11 Å². The van der Waals surface area contributed by atoms with Gasteiger partial charge in [0.2, 0.25) is 0 Å². The fourth-order valence-corrected chi connectivity index (χ4v) is 4.40. The standard InChI is InChI=1S/C12H23BrO3Si/c1-7-9-17(5,6)16-10(8-2)12(3,13)11(14)15-4/h7,10H,1,8-9H2,2-6H3. The van der Waals surface area contributed by atoms with Crippen LogP contribution < -0.4 is 0 Å². The van der Waals surface area contributed by atoms with Gasteiger partial charge in [0.1, 0.15) is 4.32 Å². The molecule has 0 aromatic heterocycles. The molecule has 0 fully saturated rings. The first-order valence-electron chi connectivity index (χ1n) is 5.77. The Balaban J connectivity index is 4.84. The molecule has 100 valence electrons. The molecule has 0 saturated heterocycles. The van der Waals surface area contributed by atoms with Gasteiger partial charge in [0.05, 0.1) is 13.2 Å². The Hall–Kier alpha value is -0.133. The lowest BCUT2D eigenvalue weighted by Gasteiger charge is -2.35. The van der Waals surface area contributed by atoms with E-state index in [0.717, 1.165) is 12.5 Å². The van der Waals surface area contributed by atoms with Crippen LogP contribution in [0.25, 0.3) is 0 Å². The molecule has 0 amide bonds. The fraction of sp³-hybridized carbons (Fsp3) is 0.750. The first-order valence-corrected chi connectivity index (χ1v) is 9.68. The van der Waals surface area contributed by atoms with Gasteiger partial charge in [-0.15, -0.1) is 6.58 Å². The highest BCUT2D eigenvalue weighted by Crippen LogP contribution is 2.31. The zero-order chi connectivity index (χ0) is 13.7. The lowest BCUT2D eigenvalue weighted by atomic mass is 10.0. The number of halogens is 1. The van der Waals surface area contributed by atoms with E-state index < -0.39 is 12.6 Å². The lowest BCUT2D eigenvalue weighted by molar-refractivity contribution is -0.145. The van der Waals surface area contributed by atoms with Crippen LogP contribution in [0, 0.1) is 0 Å². The number of alkyl halides is 1. The van der Waals surface area contributed by atoms with E-state index >= 15 is 0 Å². The summed E-state index contributed by atoms with van der Waals surface area (Å²) in [6, 6.07) is 0.869. The van der Waals surface area contributed by atoms with Crippen LogP contribution in [-0.4, -0.2) is 31.8 Å². The average Bonchev–Trinajstić information content (AvgIpc) is 2.24. The van der Waals surface area contributed by atoms with E-state index in [-0.39, 0.29) is 12.1 Å². The molecule has 2 unspecified atom stereocenters. The molecule has 0 aromatic carbocycles. The van der Waals surface area contributed by atoms with Crippen molar-refractivity contribution < 1.29 is 14.0 Å². The number of carbonyl (C=O) groups excluding carboxylic acids is 1. The number of allylic oxidation sites excluding steroid dienone is 1. The second-order valence-corrected chi connectivity index (χ2v) is 10.6. The summed E-state index contributed by atoms with van der Waals surface area (Å²) >= 11 is 3.43. The van der Waals surface area contributed by atoms with Crippen molar-refractivity contribution in [3.8, 4) is 0 Å². The quantitative estimate of drug-likeness (QED) is 0.311. The molecule has 2 atom stereocenters. The topological polar surface area (TPSA) is 35.5 Å². The molecule has 0 aliphatic rings. The first-order chi connectivity index (χ1) is 7.71. The monoisotopic (exact) mass is 322 g/mol. The number of esters is 1. The molecule has 0 bridgehead atoms. The van der Waals surface area contributed by atoms with E-state index in [1.807, 2.05) is 13.0 Å². The highest BCUT2D eigenvalue weighted by molar-refractivity contribution is 9.10. The first kappa shape index (κ1) is 16.9. The van der Waals surface area contributed by atoms with Gasteiger partial charge in [-0.2, -0.15) is 0 Å². The molecule has 0 spiro atoms. The maximum Gasteiger partial charge on any atom is 0.324 e. The number of ether oxygens (including phenoxy) is 1. The molecular formula is C12H23BrO3Si. The van der Waals surface area contributed by atoms with Crippen LogP contribution in [0.5, 0.6) is 0 Å². The van der Waals surface area contributed by atoms with E-state index in [1.54, 1.807) is 6.92 Å². The van der Waals surface area contributed by atoms with Crippen LogP contribution in [0.3, 0.4) is 0 Å². The molecule has 17 heavy (non-hydrogen) atoms. The minimum atomic E-state index is -1.81. The van der Waals surface area contributed by atoms with Crippen molar-refractivity contribution in [2.45, 2.75) is 49.8 Å². The lowest BCUT2D eigenvalue weighted by Crippen LogP contribution is -2.48. The summed E-state index contributed by atoms with van der Waals surface area (Å²) in [6.07, 6.45) is 2.45. The molecule has 3 nitrogen and oxygen atoms in total. The van der Waals surface area contributed by atoms with Crippen LogP contribution in [0.4, 0.5) is 0 Å². The minimum absolute atomic E-state index is 0.184. The van der Waals surface area contributed by atoms with Gasteiger partial charge in [-0.3, -0.25) is 4.79 Å². The smallest absolute Gasteiger partial charge is 0.324 e. The van der Waals surface area contributed by atoms with Crippen LogP contribution in [0.2, 0.25) is 19.1 Å². The van der Waals surface area contributed by atoms with Crippen molar-refractivity contribution >= 4 is 30.2 Å². The zero-order valence-electron chi connectivity index (χ0n) is 11.4. The molecular weight excluding hydrogens is 300 g/mol. The normalized spacial score (nSPS) is 17.1. The molecule has 0 rings (SSSR count). The van der Waals surface area contributed by atoms with Crippen molar-refractivity contribution in [1.29, 1.82) is 0 Å². The summed E-state index contributed by atoms with van der Waals surface area (Å²) < 4.78 is 10.1. The number of hydrogen-bond donors (Lipinski definition) is 0. The predicted molar refractivity (Wildman–Crippen MR) is 77.0 cm³/mol. The largest absolute Gasteiger partial charge is 0.468 e. The third-order valence-corrected chi connectivity index (χ3v) is 5.69. The predicted octanol–water partition coefficient (Wildman–Crippen LogP) is 3.50. The molecule has 0 aliphatic carbocycles. The maximum absolute atomic E-state index is 11.7. The SMILES string of the molecule is C=CC[Si](C)(C)OC(CC)C(C)(Br)C(=O)OC. The highest BCUT2D eigenvalue weighted by Gasteiger charge is 2.42. The molecule has 0 heterocycles. The van der Waals surface area contributed by atoms with Gasteiger partial charge in [0, 0.05) is 0 Å². The number of hydrogen-bond acceptors (Lipinski definition) is 3. The van der Waals surface area contributed by atoms with Gasteiger partial charge in [-0.1, -0.05) is 28.9 Å². The maximum atomic E-state index is 11.7. The van der Waals surface area contributed by atoms with Gasteiger partial charge in [0.25, 0.3) is 0 Å². The van der Waals surface area contributed by atoms with Crippen molar-refractivity contribution in [1.82, 2.24) is 0 Å². The summed E-state index contributed by atoms with van der Waals surface area (Å²) in [7, 11) is -0.422. The van der Waals surface area contributed by atoms with E-state index in [2.05, 4.69) is 35.6 Å². The Kier molecular flexibility index (Phi) is 6.65. The average molecular weight is 323 g/mol. The summed E-state index contributed by atoms with van der Waals surface area (Å²) in [5.74, 6) is -0.298. The zero-order valence-corrected chi connectivity index (χ0v) is 14.0. The van der Waals surface area contributed by atoms with Crippen LogP contribution in [0.1, 0.15) is 20.3 Å². The second kappa shape index (κ2) is 6.71.